The second kappa shape index (κ2) is 5.15. The maximum absolute atomic E-state index is 5.79. The van der Waals surface area contributed by atoms with Gasteiger partial charge in [0.2, 0.25) is 0 Å². The molecule has 0 radical (unpaired) electrons. The number of hydrogen-bond acceptors (Lipinski definition) is 1. The van der Waals surface area contributed by atoms with Gasteiger partial charge in [0.25, 0.3) is 0 Å². The molecule has 88 valence electrons. The van der Waals surface area contributed by atoms with E-state index < -0.39 is 0 Å². The lowest BCUT2D eigenvalue weighted by molar-refractivity contribution is 0.885. The van der Waals surface area contributed by atoms with E-state index in [9.17, 15) is 0 Å². The number of hydrogen-bond donors (Lipinski definition) is 1. The molecule has 1 unspecified atom stereocenters. The van der Waals surface area contributed by atoms with Gasteiger partial charge in [0.15, 0.2) is 0 Å². The zero-order chi connectivity index (χ0) is 12.3. The topological polar surface area (TPSA) is 26.0 Å². The number of nitrogens with two attached hydrogens (primary N) is 1. The first-order chi connectivity index (χ1) is 8.22. The molecule has 0 saturated carbocycles. The van der Waals surface area contributed by atoms with E-state index >= 15 is 0 Å². The minimum Gasteiger partial charge on any atom is -0.326 e. The molecule has 0 heterocycles. The van der Waals surface area contributed by atoms with Gasteiger partial charge in [-0.3, -0.25) is 0 Å². The fourth-order valence-corrected chi connectivity index (χ4v) is 2.18. The van der Waals surface area contributed by atoms with Crippen LogP contribution < -0.4 is 5.73 Å². The summed E-state index contributed by atoms with van der Waals surface area (Å²) < 4.78 is 0. The third kappa shape index (κ3) is 2.56. The Morgan fingerprint density at radius 3 is 2.29 bits per heavy atom. The lowest BCUT2D eigenvalue weighted by Crippen LogP contribution is -2.05. The number of benzene rings is 2. The van der Waals surface area contributed by atoms with Crippen LogP contribution in [0.25, 0.3) is 0 Å². The van der Waals surface area contributed by atoms with Gasteiger partial charge in [-0.25, -0.2) is 0 Å². The lowest BCUT2D eigenvalue weighted by atomic mass is 9.89. The van der Waals surface area contributed by atoms with Crippen LogP contribution in [0.15, 0.2) is 48.5 Å². The Balaban J connectivity index is 2.36. The van der Waals surface area contributed by atoms with Gasteiger partial charge in [-0.2, -0.15) is 0 Å². The van der Waals surface area contributed by atoms with E-state index in [0.717, 1.165) is 0 Å². The van der Waals surface area contributed by atoms with E-state index in [4.69, 9.17) is 5.73 Å². The van der Waals surface area contributed by atoms with Gasteiger partial charge in [-0.1, -0.05) is 61.0 Å². The van der Waals surface area contributed by atoms with E-state index in [1.54, 1.807) is 0 Å². The highest BCUT2D eigenvalue weighted by Gasteiger charge is 2.11. The average molecular weight is 225 g/mol. The van der Waals surface area contributed by atoms with Gasteiger partial charge in [-0.15, -0.1) is 0 Å². The van der Waals surface area contributed by atoms with Gasteiger partial charge in [-0.05, 0) is 23.6 Å². The summed E-state index contributed by atoms with van der Waals surface area (Å²) in [5.74, 6) is 0.398. The molecule has 0 spiro atoms. The quantitative estimate of drug-likeness (QED) is 0.848. The van der Waals surface area contributed by atoms with Crippen molar-refractivity contribution in [3.8, 4) is 0 Å². The van der Waals surface area contributed by atoms with E-state index in [1.165, 1.54) is 22.3 Å². The van der Waals surface area contributed by atoms with Gasteiger partial charge < -0.3 is 5.73 Å². The van der Waals surface area contributed by atoms with Gasteiger partial charge in [0.1, 0.15) is 0 Å². The molecule has 1 nitrogen and oxygen atoms in total. The summed E-state index contributed by atoms with van der Waals surface area (Å²) in [7, 11) is 0. The Labute approximate surface area is 103 Å². The van der Waals surface area contributed by atoms with Crippen molar-refractivity contribution in [3.63, 3.8) is 0 Å². The Hall–Kier alpha value is -1.60. The summed E-state index contributed by atoms with van der Waals surface area (Å²) in [6, 6.07) is 17.1. The Bertz CT molecular complexity index is 485. The van der Waals surface area contributed by atoms with E-state index in [0.29, 0.717) is 12.5 Å². The summed E-state index contributed by atoms with van der Waals surface area (Å²) in [5, 5.41) is 0. The molecule has 1 heteroatoms. The molecular weight excluding hydrogens is 206 g/mol. The van der Waals surface area contributed by atoms with Crippen LogP contribution in [0, 0.1) is 6.92 Å². The molecule has 2 N–H and O–H groups in total. The Kier molecular flexibility index (Phi) is 3.60. The molecule has 2 aromatic rings. The van der Waals surface area contributed by atoms with Crippen molar-refractivity contribution < 1.29 is 0 Å². The lowest BCUT2D eigenvalue weighted by Gasteiger charge is -2.16. The van der Waals surface area contributed by atoms with Crippen molar-refractivity contribution in [2.75, 3.05) is 0 Å². The van der Waals surface area contributed by atoms with Gasteiger partial charge in [0, 0.05) is 12.5 Å². The van der Waals surface area contributed by atoms with Crippen molar-refractivity contribution in [1.29, 1.82) is 0 Å². The smallest absolute Gasteiger partial charge is 0.0181 e. The van der Waals surface area contributed by atoms with Crippen molar-refractivity contribution in [1.82, 2.24) is 0 Å². The molecule has 2 rings (SSSR count). The van der Waals surface area contributed by atoms with Crippen molar-refractivity contribution in [2.45, 2.75) is 26.3 Å². The monoisotopic (exact) mass is 225 g/mol. The molecule has 1 atom stereocenters. The third-order valence-electron chi connectivity index (χ3n) is 3.32. The fourth-order valence-electron chi connectivity index (χ4n) is 2.18. The second-order valence-corrected chi connectivity index (χ2v) is 4.54. The summed E-state index contributed by atoms with van der Waals surface area (Å²) in [6.07, 6.45) is 0. The average Bonchev–Trinajstić information content (AvgIpc) is 2.39. The van der Waals surface area contributed by atoms with Crippen LogP contribution in [0.4, 0.5) is 0 Å². The molecule has 0 aliphatic carbocycles. The predicted molar refractivity (Wildman–Crippen MR) is 73.0 cm³/mol. The molecule has 0 fully saturated rings. The van der Waals surface area contributed by atoms with Crippen LogP contribution in [0.3, 0.4) is 0 Å². The maximum Gasteiger partial charge on any atom is 0.0181 e. The van der Waals surface area contributed by atoms with Crippen molar-refractivity contribution in [3.05, 3.63) is 70.8 Å². The Morgan fingerprint density at radius 1 is 1.00 bits per heavy atom. The fraction of sp³-hybridized carbons (Fsp3) is 0.250. The standard InChI is InChI=1S/C16H19N/c1-12-7-9-14(10-8-12)13(2)16-6-4-3-5-15(16)11-17/h3-10,13H,11,17H2,1-2H3. The molecular formula is C16H19N. The summed E-state index contributed by atoms with van der Waals surface area (Å²) in [4.78, 5) is 0. The van der Waals surface area contributed by atoms with Crippen LogP contribution in [-0.4, -0.2) is 0 Å². The SMILES string of the molecule is Cc1ccc(C(C)c2ccccc2CN)cc1. The minimum atomic E-state index is 0.398. The van der Waals surface area contributed by atoms with E-state index in [1.807, 2.05) is 6.07 Å². The first kappa shape index (κ1) is 11.9. The molecule has 0 amide bonds. The maximum atomic E-state index is 5.79. The zero-order valence-electron chi connectivity index (χ0n) is 10.5. The molecule has 0 aliphatic rings. The molecule has 0 aliphatic heterocycles. The highest BCUT2D eigenvalue weighted by Crippen LogP contribution is 2.26. The highest BCUT2D eigenvalue weighted by molar-refractivity contribution is 5.38. The number of rotatable bonds is 3. The normalized spacial score (nSPS) is 12.4. The van der Waals surface area contributed by atoms with Gasteiger partial charge in [0.05, 0.1) is 0 Å². The van der Waals surface area contributed by atoms with Crippen molar-refractivity contribution >= 4 is 0 Å². The van der Waals surface area contributed by atoms with Crippen molar-refractivity contribution in [2.24, 2.45) is 5.73 Å². The van der Waals surface area contributed by atoms with Crippen LogP contribution in [0.2, 0.25) is 0 Å². The predicted octanol–water partition coefficient (Wildman–Crippen LogP) is 3.61. The Morgan fingerprint density at radius 2 is 1.65 bits per heavy atom. The van der Waals surface area contributed by atoms with E-state index in [2.05, 4.69) is 56.3 Å². The zero-order valence-corrected chi connectivity index (χ0v) is 10.5. The van der Waals surface area contributed by atoms with E-state index in [-0.39, 0.29) is 0 Å². The minimum absolute atomic E-state index is 0.398. The molecule has 0 saturated heterocycles. The molecule has 0 bridgehead atoms. The first-order valence-corrected chi connectivity index (χ1v) is 6.07. The summed E-state index contributed by atoms with van der Waals surface area (Å²) >= 11 is 0. The molecule has 2 aromatic carbocycles. The van der Waals surface area contributed by atoms with Gasteiger partial charge >= 0.3 is 0 Å². The first-order valence-electron chi connectivity index (χ1n) is 6.07. The summed E-state index contributed by atoms with van der Waals surface area (Å²) in [6.45, 7) is 4.95. The largest absolute Gasteiger partial charge is 0.326 e. The van der Waals surface area contributed by atoms with Crippen LogP contribution in [0.5, 0.6) is 0 Å². The summed E-state index contributed by atoms with van der Waals surface area (Å²) in [5.41, 5.74) is 11.0. The number of aryl methyl sites for hydroxylation is 1. The molecule has 0 aromatic heterocycles. The van der Waals surface area contributed by atoms with Crippen LogP contribution >= 0.6 is 0 Å². The van der Waals surface area contributed by atoms with Crippen LogP contribution in [0.1, 0.15) is 35.1 Å². The second-order valence-electron chi connectivity index (χ2n) is 4.54. The highest BCUT2D eigenvalue weighted by atomic mass is 14.5. The third-order valence-corrected chi connectivity index (χ3v) is 3.32. The van der Waals surface area contributed by atoms with Crippen LogP contribution in [-0.2, 0) is 6.54 Å². The molecule has 17 heavy (non-hydrogen) atoms.